The van der Waals surface area contributed by atoms with E-state index in [0.717, 1.165) is 12.2 Å². The van der Waals surface area contributed by atoms with Gasteiger partial charge in [-0.3, -0.25) is 0 Å². The zero-order chi connectivity index (χ0) is 10.4. The van der Waals surface area contributed by atoms with Crippen molar-refractivity contribution in [2.45, 2.75) is 13.8 Å². The van der Waals surface area contributed by atoms with E-state index in [1.54, 1.807) is 0 Å². The largest absolute Gasteiger partial charge is 0.395 e. The second kappa shape index (κ2) is 5.62. The fraction of sp³-hybridized carbons (Fsp3) is 0.455. The van der Waals surface area contributed by atoms with Crippen molar-refractivity contribution in [3.8, 4) is 0 Å². The van der Waals surface area contributed by atoms with Crippen molar-refractivity contribution in [3.05, 3.63) is 29.8 Å². The van der Waals surface area contributed by atoms with Crippen LogP contribution in [0, 0.1) is 6.92 Å². The maximum atomic E-state index is 8.83. The summed E-state index contributed by atoms with van der Waals surface area (Å²) in [6.07, 6.45) is 0. The summed E-state index contributed by atoms with van der Waals surface area (Å²) in [5.74, 6) is 0. The minimum Gasteiger partial charge on any atom is -0.395 e. The molecule has 0 saturated heterocycles. The standard InChI is InChI=1S/C11H18N2O/c1-3-13(8-9-14)12-11-7-5-4-6-10(11)2/h4-7,12,14H,3,8-9H2,1-2H3. The highest BCUT2D eigenvalue weighted by atomic mass is 16.3. The van der Waals surface area contributed by atoms with Crippen LogP contribution in [0.3, 0.4) is 0 Å². The Bertz CT molecular complexity index is 276. The highest BCUT2D eigenvalue weighted by Gasteiger charge is 2.02. The van der Waals surface area contributed by atoms with Gasteiger partial charge in [-0.05, 0) is 18.6 Å². The quantitative estimate of drug-likeness (QED) is 0.699. The van der Waals surface area contributed by atoms with Gasteiger partial charge >= 0.3 is 0 Å². The molecule has 1 aromatic carbocycles. The topological polar surface area (TPSA) is 35.5 Å². The lowest BCUT2D eigenvalue weighted by atomic mass is 10.2. The summed E-state index contributed by atoms with van der Waals surface area (Å²) in [4.78, 5) is 0. The number of para-hydroxylation sites is 1. The summed E-state index contributed by atoms with van der Waals surface area (Å²) in [7, 11) is 0. The van der Waals surface area contributed by atoms with E-state index in [4.69, 9.17) is 5.11 Å². The van der Waals surface area contributed by atoms with E-state index in [0.29, 0.717) is 6.54 Å². The zero-order valence-corrected chi connectivity index (χ0v) is 8.83. The molecule has 0 aliphatic carbocycles. The van der Waals surface area contributed by atoms with E-state index >= 15 is 0 Å². The molecule has 3 nitrogen and oxygen atoms in total. The lowest BCUT2D eigenvalue weighted by molar-refractivity contribution is 0.225. The molecule has 0 aliphatic rings. The van der Waals surface area contributed by atoms with Crippen LogP contribution in [-0.4, -0.2) is 29.8 Å². The van der Waals surface area contributed by atoms with Crippen LogP contribution in [0.15, 0.2) is 24.3 Å². The minimum atomic E-state index is 0.173. The van der Waals surface area contributed by atoms with Gasteiger partial charge in [0.1, 0.15) is 0 Å². The second-order valence-corrected chi connectivity index (χ2v) is 3.23. The van der Waals surface area contributed by atoms with Crippen molar-refractivity contribution in [2.24, 2.45) is 0 Å². The number of hydrazine groups is 1. The van der Waals surface area contributed by atoms with Gasteiger partial charge in [-0.15, -0.1) is 0 Å². The number of nitrogens with zero attached hydrogens (tertiary/aromatic N) is 1. The lowest BCUT2D eigenvalue weighted by Crippen LogP contribution is -2.32. The molecule has 1 aromatic rings. The Balaban J connectivity index is 2.62. The van der Waals surface area contributed by atoms with Gasteiger partial charge in [0.15, 0.2) is 0 Å². The Labute approximate surface area is 85.3 Å². The Morgan fingerprint density at radius 1 is 1.36 bits per heavy atom. The summed E-state index contributed by atoms with van der Waals surface area (Å²) < 4.78 is 0. The molecular formula is C11H18N2O. The Morgan fingerprint density at radius 3 is 2.64 bits per heavy atom. The molecule has 0 saturated carbocycles. The average Bonchev–Trinajstić information content (AvgIpc) is 2.20. The van der Waals surface area contributed by atoms with Crippen LogP contribution in [0.4, 0.5) is 5.69 Å². The first-order chi connectivity index (χ1) is 6.77. The van der Waals surface area contributed by atoms with Crippen molar-refractivity contribution >= 4 is 5.69 Å². The number of aliphatic hydroxyl groups is 1. The maximum Gasteiger partial charge on any atom is 0.0576 e. The predicted molar refractivity (Wildman–Crippen MR) is 59.1 cm³/mol. The van der Waals surface area contributed by atoms with Crippen molar-refractivity contribution in [3.63, 3.8) is 0 Å². The monoisotopic (exact) mass is 194 g/mol. The Morgan fingerprint density at radius 2 is 2.07 bits per heavy atom. The van der Waals surface area contributed by atoms with Crippen molar-refractivity contribution < 1.29 is 5.11 Å². The molecule has 14 heavy (non-hydrogen) atoms. The maximum absolute atomic E-state index is 8.83. The molecule has 0 fully saturated rings. The molecule has 0 radical (unpaired) electrons. The number of aryl methyl sites for hydroxylation is 1. The first-order valence-corrected chi connectivity index (χ1v) is 4.96. The van der Waals surface area contributed by atoms with Crippen LogP contribution < -0.4 is 5.43 Å². The number of rotatable bonds is 5. The van der Waals surface area contributed by atoms with Crippen LogP contribution in [0.25, 0.3) is 0 Å². The summed E-state index contributed by atoms with van der Waals surface area (Å²) in [6, 6.07) is 8.12. The van der Waals surface area contributed by atoms with Gasteiger partial charge in [-0.1, -0.05) is 25.1 Å². The van der Waals surface area contributed by atoms with Gasteiger partial charge in [0.05, 0.1) is 12.3 Å². The van der Waals surface area contributed by atoms with E-state index in [9.17, 15) is 0 Å². The number of hydrogen-bond donors (Lipinski definition) is 2. The number of likely N-dealkylation sites (N-methyl/N-ethyl adjacent to an activating group) is 1. The summed E-state index contributed by atoms with van der Waals surface area (Å²) >= 11 is 0. The second-order valence-electron chi connectivity index (χ2n) is 3.23. The zero-order valence-electron chi connectivity index (χ0n) is 8.83. The number of hydrogen-bond acceptors (Lipinski definition) is 3. The van der Waals surface area contributed by atoms with Gasteiger partial charge < -0.3 is 10.5 Å². The molecule has 0 spiro atoms. The third-order valence-corrected chi connectivity index (χ3v) is 2.18. The van der Waals surface area contributed by atoms with E-state index in [1.165, 1.54) is 5.56 Å². The summed E-state index contributed by atoms with van der Waals surface area (Å²) in [5.41, 5.74) is 5.58. The predicted octanol–water partition coefficient (Wildman–Crippen LogP) is 1.64. The van der Waals surface area contributed by atoms with E-state index < -0.39 is 0 Å². The number of nitrogens with one attached hydrogen (secondary N) is 1. The number of benzene rings is 1. The third kappa shape index (κ3) is 3.01. The molecule has 0 aliphatic heterocycles. The van der Waals surface area contributed by atoms with Gasteiger partial charge in [0.2, 0.25) is 0 Å². The van der Waals surface area contributed by atoms with E-state index in [1.807, 2.05) is 23.2 Å². The molecule has 0 aromatic heterocycles. The molecule has 2 N–H and O–H groups in total. The lowest BCUT2D eigenvalue weighted by Gasteiger charge is -2.22. The van der Waals surface area contributed by atoms with Crippen LogP contribution >= 0.6 is 0 Å². The minimum absolute atomic E-state index is 0.173. The molecule has 3 heteroatoms. The third-order valence-electron chi connectivity index (χ3n) is 2.18. The van der Waals surface area contributed by atoms with Crippen LogP contribution in [0.2, 0.25) is 0 Å². The first kappa shape index (κ1) is 11.0. The van der Waals surface area contributed by atoms with Crippen molar-refractivity contribution in [1.82, 2.24) is 5.01 Å². The SMILES string of the molecule is CCN(CCO)Nc1ccccc1C. The van der Waals surface area contributed by atoms with Gasteiger partial charge in [0.25, 0.3) is 0 Å². The van der Waals surface area contributed by atoms with Gasteiger partial charge in [-0.25, -0.2) is 5.01 Å². The first-order valence-electron chi connectivity index (χ1n) is 4.96. The highest BCUT2D eigenvalue weighted by molar-refractivity contribution is 5.49. The van der Waals surface area contributed by atoms with Crippen LogP contribution in [0.5, 0.6) is 0 Å². The highest BCUT2D eigenvalue weighted by Crippen LogP contribution is 2.13. The molecule has 0 amide bonds. The molecule has 0 heterocycles. The normalized spacial score (nSPS) is 10.6. The molecule has 78 valence electrons. The van der Waals surface area contributed by atoms with E-state index in [-0.39, 0.29) is 6.61 Å². The van der Waals surface area contributed by atoms with E-state index in [2.05, 4.69) is 25.3 Å². The Hall–Kier alpha value is -1.06. The average molecular weight is 194 g/mol. The fourth-order valence-electron chi connectivity index (χ4n) is 1.28. The molecule has 1 rings (SSSR count). The van der Waals surface area contributed by atoms with Crippen LogP contribution in [-0.2, 0) is 0 Å². The molecular weight excluding hydrogens is 176 g/mol. The summed E-state index contributed by atoms with van der Waals surface area (Å²) in [6.45, 7) is 5.81. The smallest absolute Gasteiger partial charge is 0.0576 e. The fourth-order valence-corrected chi connectivity index (χ4v) is 1.28. The van der Waals surface area contributed by atoms with Crippen molar-refractivity contribution in [2.75, 3.05) is 25.1 Å². The Kier molecular flexibility index (Phi) is 4.43. The number of anilines is 1. The molecule has 0 atom stereocenters. The number of aliphatic hydroxyl groups excluding tert-OH is 1. The molecule has 0 unspecified atom stereocenters. The van der Waals surface area contributed by atoms with Gasteiger partial charge in [-0.2, -0.15) is 0 Å². The van der Waals surface area contributed by atoms with Crippen LogP contribution in [0.1, 0.15) is 12.5 Å². The summed E-state index contributed by atoms with van der Waals surface area (Å²) in [5, 5.41) is 10.8. The molecule has 0 bridgehead atoms. The van der Waals surface area contributed by atoms with Crippen molar-refractivity contribution in [1.29, 1.82) is 0 Å². The van der Waals surface area contributed by atoms with Gasteiger partial charge in [0, 0.05) is 13.1 Å².